The second-order valence-corrected chi connectivity index (χ2v) is 4.41. The lowest BCUT2D eigenvalue weighted by molar-refractivity contribution is -0.122. The zero-order chi connectivity index (χ0) is 11.5. The molecule has 16 heavy (non-hydrogen) atoms. The molecular formula is C12H17N3O. The van der Waals surface area contributed by atoms with E-state index in [9.17, 15) is 4.79 Å². The van der Waals surface area contributed by atoms with E-state index in [2.05, 4.69) is 10.3 Å². The van der Waals surface area contributed by atoms with Gasteiger partial charge in [0.2, 0.25) is 5.91 Å². The lowest BCUT2D eigenvalue weighted by Gasteiger charge is -2.12. The summed E-state index contributed by atoms with van der Waals surface area (Å²) in [7, 11) is 3.91. The first-order valence-electron chi connectivity index (χ1n) is 5.57. The molecule has 1 amide bonds. The van der Waals surface area contributed by atoms with Crippen molar-refractivity contribution in [3.8, 4) is 0 Å². The highest BCUT2D eigenvalue weighted by molar-refractivity contribution is 5.80. The number of anilines is 1. The standard InChI is InChI=1S/C12H17N3O/c1-15(2)11-7-9(5-6-13-11)8-14-12(16)10-3-4-10/h5-7,10H,3-4,8H2,1-2H3,(H,14,16). The van der Waals surface area contributed by atoms with E-state index in [1.165, 1.54) is 0 Å². The summed E-state index contributed by atoms with van der Waals surface area (Å²) in [6, 6.07) is 3.92. The van der Waals surface area contributed by atoms with Crippen molar-refractivity contribution in [3.05, 3.63) is 23.9 Å². The largest absolute Gasteiger partial charge is 0.363 e. The number of nitrogens with zero attached hydrogens (tertiary/aromatic N) is 2. The Morgan fingerprint density at radius 1 is 1.56 bits per heavy atom. The molecule has 0 spiro atoms. The van der Waals surface area contributed by atoms with Crippen molar-refractivity contribution in [1.82, 2.24) is 10.3 Å². The van der Waals surface area contributed by atoms with Crippen molar-refractivity contribution in [2.45, 2.75) is 19.4 Å². The normalized spacial score (nSPS) is 14.6. The van der Waals surface area contributed by atoms with Crippen LogP contribution in [0.25, 0.3) is 0 Å². The molecule has 1 aliphatic rings. The number of rotatable bonds is 4. The van der Waals surface area contributed by atoms with Gasteiger partial charge in [-0.3, -0.25) is 4.79 Å². The van der Waals surface area contributed by atoms with Gasteiger partial charge in [-0.05, 0) is 30.5 Å². The third kappa shape index (κ3) is 2.72. The molecule has 1 fully saturated rings. The van der Waals surface area contributed by atoms with Crippen LogP contribution < -0.4 is 10.2 Å². The molecule has 1 saturated carbocycles. The molecule has 0 unspecified atom stereocenters. The lowest BCUT2D eigenvalue weighted by Crippen LogP contribution is -2.24. The van der Waals surface area contributed by atoms with Gasteiger partial charge in [-0.15, -0.1) is 0 Å². The number of hydrogen-bond acceptors (Lipinski definition) is 3. The highest BCUT2D eigenvalue weighted by Gasteiger charge is 2.29. The van der Waals surface area contributed by atoms with Gasteiger partial charge in [-0.25, -0.2) is 4.98 Å². The highest BCUT2D eigenvalue weighted by atomic mass is 16.2. The van der Waals surface area contributed by atoms with E-state index in [1.54, 1.807) is 6.20 Å². The Bertz CT molecular complexity index is 386. The number of nitrogens with one attached hydrogen (secondary N) is 1. The Balaban J connectivity index is 1.92. The zero-order valence-electron chi connectivity index (χ0n) is 9.73. The van der Waals surface area contributed by atoms with Gasteiger partial charge in [-0.1, -0.05) is 0 Å². The highest BCUT2D eigenvalue weighted by Crippen LogP contribution is 2.28. The third-order valence-corrected chi connectivity index (χ3v) is 2.68. The van der Waals surface area contributed by atoms with Gasteiger partial charge >= 0.3 is 0 Å². The van der Waals surface area contributed by atoms with Crippen LogP contribution in [0.1, 0.15) is 18.4 Å². The van der Waals surface area contributed by atoms with Gasteiger partial charge in [-0.2, -0.15) is 0 Å². The number of carbonyl (C=O) groups excluding carboxylic acids is 1. The van der Waals surface area contributed by atoms with E-state index in [0.29, 0.717) is 6.54 Å². The van der Waals surface area contributed by atoms with Crippen molar-refractivity contribution in [3.63, 3.8) is 0 Å². The Hall–Kier alpha value is -1.58. The Morgan fingerprint density at radius 2 is 2.31 bits per heavy atom. The van der Waals surface area contributed by atoms with Gasteiger partial charge < -0.3 is 10.2 Å². The predicted molar refractivity (Wildman–Crippen MR) is 63.1 cm³/mol. The molecule has 0 aromatic carbocycles. The molecule has 2 rings (SSSR count). The number of pyridine rings is 1. The molecule has 1 aromatic rings. The Morgan fingerprint density at radius 3 is 2.94 bits per heavy atom. The molecule has 4 nitrogen and oxygen atoms in total. The molecule has 1 aliphatic carbocycles. The molecule has 1 aromatic heterocycles. The maximum Gasteiger partial charge on any atom is 0.223 e. The van der Waals surface area contributed by atoms with Crippen LogP contribution in [0.15, 0.2) is 18.3 Å². The summed E-state index contributed by atoms with van der Waals surface area (Å²) in [5.41, 5.74) is 1.09. The van der Waals surface area contributed by atoms with Crippen LogP contribution >= 0.6 is 0 Å². The summed E-state index contributed by atoms with van der Waals surface area (Å²) in [6.07, 6.45) is 3.87. The first kappa shape index (κ1) is 10.9. The van der Waals surface area contributed by atoms with Gasteiger partial charge in [0.05, 0.1) is 0 Å². The average molecular weight is 219 g/mol. The van der Waals surface area contributed by atoms with Crippen LogP contribution in [0.4, 0.5) is 5.82 Å². The number of carbonyl (C=O) groups is 1. The SMILES string of the molecule is CN(C)c1cc(CNC(=O)C2CC2)ccn1. The van der Waals surface area contributed by atoms with Gasteiger partial charge in [0.15, 0.2) is 0 Å². The summed E-state index contributed by atoms with van der Waals surface area (Å²) < 4.78 is 0. The van der Waals surface area contributed by atoms with E-state index in [0.717, 1.165) is 24.2 Å². The summed E-state index contributed by atoms with van der Waals surface area (Å²) >= 11 is 0. The lowest BCUT2D eigenvalue weighted by atomic mass is 10.2. The summed E-state index contributed by atoms with van der Waals surface area (Å²) in [6.45, 7) is 0.596. The van der Waals surface area contributed by atoms with Crippen LogP contribution in [0.3, 0.4) is 0 Å². The zero-order valence-corrected chi connectivity index (χ0v) is 9.73. The minimum Gasteiger partial charge on any atom is -0.363 e. The molecule has 1 N–H and O–H groups in total. The smallest absolute Gasteiger partial charge is 0.223 e. The number of hydrogen-bond donors (Lipinski definition) is 1. The fraction of sp³-hybridized carbons (Fsp3) is 0.500. The molecule has 0 aliphatic heterocycles. The summed E-state index contributed by atoms with van der Waals surface area (Å²) in [5, 5.41) is 2.94. The van der Waals surface area contributed by atoms with E-state index >= 15 is 0 Å². The Kier molecular flexibility index (Phi) is 3.08. The fourth-order valence-electron chi connectivity index (χ4n) is 1.49. The first-order valence-corrected chi connectivity index (χ1v) is 5.57. The van der Waals surface area contributed by atoms with Crippen molar-refractivity contribution >= 4 is 11.7 Å². The Labute approximate surface area is 95.7 Å². The second kappa shape index (κ2) is 4.51. The molecule has 0 bridgehead atoms. The van der Waals surface area contributed by atoms with Crippen molar-refractivity contribution in [2.24, 2.45) is 5.92 Å². The summed E-state index contributed by atoms with van der Waals surface area (Å²) in [4.78, 5) is 17.6. The van der Waals surface area contributed by atoms with E-state index in [1.807, 2.05) is 31.1 Å². The molecule has 0 atom stereocenters. The van der Waals surface area contributed by atoms with Gasteiger partial charge in [0.1, 0.15) is 5.82 Å². The van der Waals surface area contributed by atoms with E-state index in [-0.39, 0.29) is 11.8 Å². The molecular weight excluding hydrogens is 202 g/mol. The molecule has 1 heterocycles. The topological polar surface area (TPSA) is 45.2 Å². The first-order chi connectivity index (χ1) is 7.66. The number of amides is 1. The third-order valence-electron chi connectivity index (χ3n) is 2.68. The van der Waals surface area contributed by atoms with E-state index in [4.69, 9.17) is 0 Å². The summed E-state index contributed by atoms with van der Waals surface area (Å²) in [5.74, 6) is 1.37. The quantitative estimate of drug-likeness (QED) is 0.827. The van der Waals surface area contributed by atoms with E-state index < -0.39 is 0 Å². The minimum atomic E-state index is 0.184. The van der Waals surface area contributed by atoms with Crippen molar-refractivity contribution in [2.75, 3.05) is 19.0 Å². The van der Waals surface area contributed by atoms with Crippen LogP contribution in [0, 0.1) is 5.92 Å². The van der Waals surface area contributed by atoms with Gasteiger partial charge in [0, 0.05) is 32.8 Å². The molecule has 86 valence electrons. The van der Waals surface area contributed by atoms with Crippen LogP contribution in [-0.2, 0) is 11.3 Å². The predicted octanol–water partition coefficient (Wildman–Crippen LogP) is 1.17. The van der Waals surface area contributed by atoms with Gasteiger partial charge in [0.25, 0.3) is 0 Å². The minimum absolute atomic E-state index is 0.184. The fourth-order valence-corrected chi connectivity index (χ4v) is 1.49. The number of aromatic nitrogens is 1. The van der Waals surface area contributed by atoms with Crippen LogP contribution in [-0.4, -0.2) is 25.0 Å². The molecule has 0 radical (unpaired) electrons. The average Bonchev–Trinajstić information content (AvgIpc) is 3.10. The maximum atomic E-state index is 11.5. The monoisotopic (exact) mass is 219 g/mol. The molecule has 0 saturated heterocycles. The van der Waals surface area contributed by atoms with Crippen LogP contribution in [0.2, 0.25) is 0 Å². The van der Waals surface area contributed by atoms with Crippen molar-refractivity contribution < 1.29 is 4.79 Å². The molecule has 4 heteroatoms. The maximum absolute atomic E-state index is 11.5. The second-order valence-electron chi connectivity index (χ2n) is 4.41. The van der Waals surface area contributed by atoms with Crippen molar-refractivity contribution in [1.29, 1.82) is 0 Å². The van der Waals surface area contributed by atoms with Crippen LogP contribution in [0.5, 0.6) is 0 Å².